The second kappa shape index (κ2) is 10.2. The first-order valence-electron chi connectivity index (χ1n) is 9.18. The fourth-order valence-electron chi connectivity index (χ4n) is 2.62. The number of esters is 1. The lowest BCUT2D eigenvalue weighted by atomic mass is 10.0. The molecule has 2 rings (SSSR count). The zero-order chi connectivity index (χ0) is 20.5. The van der Waals surface area contributed by atoms with Gasteiger partial charge in [-0.3, -0.25) is 0 Å². The van der Waals surface area contributed by atoms with E-state index in [9.17, 15) is 9.90 Å². The van der Waals surface area contributed by atoms with E-state index in [1.54, 1.807) is 26.2 Å². The molecule has 0 amide bonds. The maximum absolute atomic E-state index is 12.1. The Kier molecular flexibility index (Phi) is 7.69. The number of methoxy groups -OCH3 is 1. The van der Waals surface area contributed by atoms with Crippen LogP contribution in [0.25, 0.3) is 5.70 Å². The van der Waals surface area contributed by atoms with Crippen molar-refractivity contribution in [3.8, 4) is 11.5 Å². The molecule has 0 spiro atoms. The number of phenolic OH excluding ortho intramolecular Hbond substituents is 1. The first kappa shape index (κ1) is 21.1. The van der Waals surface area contributed by atoms with E-state index in [0.29, 0.717) is 18.7 Å². The highest BCUT2D eigenvalue weighted by atomic mass is 16.5. The van der Waals surface area contributed by atoms with Gasteiger partial charge >= 0.3 is 5.97 Å². The van der Waals surface area contributed by atoms with Crippen molar-refractivity contribution < 1.29 is 19.4 Å². The Morgan fingerprint density at radius 3 is 2.46 bits per heavy atom. The molecule has 148 valence electrons. The fourth-order valence-corrected chi connectivity index (χ4v) is 2.62. The first-order chi connectivity index (χ1) is 13.4. The molecule has 0 aliphatic carbocycles. The third kappa shape index (κ3) is 5.91. The SMILES string of the molecule is CCOC(=O)/C=C(\Nc1cccc(O)c1CC=C(C)C)c1ccc(OC)cc1. The number of ether oxygens (including phenoxy) is 2. The van der Waals surface area contributed by atoms with Gasteiger partial charge in [-0.15, -0.1) is 0 Å². The van der Waals surface area contributed by atoms with Gasteiger partial charge < -0.3 is 19.9 Å². The summed E-state index contributed by atoms with van der Waals surface area (Å²) in [6.45, 7) is 6.08. The molecule has 0 heterocycles. The van der Waals surface area contributed by atoms with Crippen molar-refractivity contribution in [1.29, 1.82) is 0 Å². The Bertz CT molecular complexity index is 863. The van der Waals surface area contributed by atoms with E-state index in [4.69, 9.17) is 9.47 Å². The van der Waals surface area contributed by atoms with Crippen molar-refractivity contribution in [2.75, 3.05) is 19.0 Å². The molecule has 0 atom stereocenters. The summed E-state index contributed by atoms with van der Waals surface area (Å²) >= 11 is 0. The third-order valence-corrected chi connectivity index (χ3v) is 4.08. The van der Waals surface area contributed by atoms with E-state index in [2.05, 4.69) is 5.32 Å². The normalized spacial score (nSPS) is 10.9. The molecule has 0 saturated heterocycles. The largest absolute Gasteiger partial charge is 0.508 e. The number of carbonyl (C=O) groups is 1. The van der Waals surface area contributed by atoms with Crippen LogP contribution in [-0.4, -0.2) is 24.8 Å². The topological polar surface area (TPSA) is 67.8 Å². The molecule has 0 saturated carbocycles. The maximum atomic E-state index is 12.1. The number of anilines is 1. The second-order valence-electron chi connectivity index (χ2n) is 6.45. The number of aromatic hydroxyl groups is 1. The van der Waals surface area contributed by atoms with Crippen LogP contribution in [0.2, 0.25) is 0 Å². The summed E-state index contributed by atoms with van der Waals surface area (Å²) in [4.78, 5) is 12.1. The van der Waals surface area contributed by atoms with Gasteiger partial charge in [-0.25, -0.2) is 4.79 Å². The summed E-state index contributed by atoms with van der Waals surface area (Å²) in [7, 11) is 1.60. The van der Waals surface area contributed by atoms with Crippen molar-refractivity contribution in [1.82, 2.24) is 0 Å². The van der Waals surface area contributed by atoms with Crippen molar-refractivity contribution >= 4 is 17.4 Å². The van der Waals surface area contributed by atoms with Gasteiger partial charge in [0.2, 0.25) is 0 Å². The van der Waals surface area contributed by atoms with E-state index < -0.39 is 5.97 Å². The van der Waals surface area contributed by atoms with E-state index in [1.165, 1.54) is 6.08 Å². The zero-order valence-corrected chi connectivity index (χ0v) is 16.8. The quantitative estimate of drug-likeness (QED) is 0.386. The van der Waals surface area contributed by atoms with Gasteiger partial charge in [0.15, 0.2) is 0 Å². The van der Waals surface area contributed by atoms with Crippen LogP contribution in [0.1, 0.15) is 31.9 Å². The molecule has 0 bridgehead atoms. The number of benzene rings is 2. The van der Waals surface area contributed by atoms with Gasteiger partial charge in [0.05, 0.1) is 19.4 Å². The smallest absolute Gasteiger partial charge is 0.332 e. The van der Waals surface area contributed by atoms with Gasteiger partial charge in [-0.2, -0.15) is 0 Å². The summed E-state index contributed by atoms with van der Waals surface area (Å²) in [6.07, 6.45) is 4.04. The summed E-state index contributed by atoms with van der Waals surface area (Å²) < 4.78 is 10.3. The molecule has 0 aliphatic heterocycles. The zero-order valence-electron chi connectivity index (χ0n) is 16.8. The molecule has 5 nitrogen and oxygen atoms in total. The monoisotopic (exact) mass is 381 g/mol. The standard InChI is InChI=1S/C23H27NO4/c1-5-28-23(26)15-21(17-10-12-18(27-4)13-11-17)24-20-7-6-8-22(25)19(20)14-9-16(2)3/h6-13,15,24-25H,5,14H2,1-4H3/b21-15-. The molecule has 28 heavy (non-hydrogen) atoms. The Morgan fingerprint density at radius 1 is 1.14 bits per heavy atom. The molecule has 2 aromatic rings. The Balaban J connectivity index is 2.43. The van der Waals surface area contributed by atoms with Crippen molar-refractivity contribution in [2.45, 2.75) is 27.2 Å². The predicted molar refractivity (Wildman–Crippen MR) is 112 cm³/mol. The summed E-state index contributed by atoms with van der Waals surface area (Å²) in [5, 5.41) is 13.6. The van der Waals surface area contributed by atoms with Crippen LogP contribution in [0.5, 0.6) is 11.5 Å². The third-order valence-electron chi connectivity index (χ3n) is 4.08. The lowest BCUT2D eigenvalue weighted by Crippen LogP contribution is -2.07. The molecule has 0 aromatic heterocycles. The van der Waals surface area contributed by atoms with Crippen LogP contribution in [0.15, 0.2) is 60.2 Å². The maximum Gasteiger partial charge on any atom is 0.332 e. The Morgan fingerprint density at radius 2 is 1.86 bits per heavy atom. The van der Waals surface area contributed by atoms with E-state index >= 15 is 0 Å². The van der Waals surface area contributed by atoms with Crippen LogP contribution in [-0.2, 0) is 16.0 Å². The van der Waals surface area contributed by atoms with Crippen LogP contribution < -0.4 is 10.1 Å². The average molecular weight is 381 g/mol. The van der Waals surface area contributed by atoms with Gasteiger partial charge in [-0.1, -0.05) is 17.7 Å². The number of allylic oxidation sites excluding steroid dienone is 2. The molecule has 0 unspecified atom stereocenters. The summed E-state index contributed by atoms with van der Waals surface area (Å²) in [5.41, 5.74) is 4.01. The molecule has 5 heteroatoms. The molecular weight excluding hydrogens is 354 g/mol. The molecule has 2 aromatic carbocycles. The molecule has 0 fully saturated rings. The number of carbonyl (C=O) groups excluding carboxylic acids is 1. The van der Waals surface area contributed by atoms with E-state index in [0.717, 1.165) is 28.1 Å². The Labute approximate surface area is 166 Å². The number of nitrogens with one attached hydrogen (secondary N) is 1. The van der Waals surface area contributed by atoms with E-state index in [-0.39, 0.29) is 5.75 Å². The van der Waals surface area contributed by atoms with Crippen molar-refractivity contribution in [3.05, 3.63) is 71.3 Å². The van der Waals surface area contributed by atoms with Crippen LogP contribution in [0.4, 0.5) is 5.69 Å². The molecule has 0 aliphatic rings. The predicted octanol–water partition coefficient (Wildman–Crippen LogP) is 4.93. The minimum absolute atomic E-state index is 0.202. The first-order valence-corrected chi connectivity index (χ1v) is 9.18. The van der Waals surface area contributed by atoms with Gasteiger partial charge in [-0.05, 0) is 69.2 Å². The fraction of sp³-hybridized carbons (Fsp3) is 0.261. The average Bonchev–Trinajstić information content (AvgIpc) is 2.67. The number of hydrogen-bond donors (Lipinski definition) is 2. The summed E-state index contributed by atoms with van der Waals surface area (Å²) in [5.74, 6) is 0.486. The minimum atomic E-state index is -0.438. The lowest BCUT2D eigenvalue weighted by Gasteiger charge is -2.16. The van der Waals surface area contributed by atoms with Crippen LogP contribution >= 0.6 is 0 Å². The van der Waals surface area contributed by atoms with Crippen molar-refractivity contribution in [3.63, 3.8) is 0 Å². The number of hydrogen-bond acceptors (Lipinski definition) is 5. The van der Waals surface area contributed by atoms with Crippen LogP contribution in [0, 0.1) is 0 Å². The molecule has 0 radical (unpaired) electrons. The highest BCUT2D eigenvalue weighted by Gasteiger charge is 2.12. The Hall–Kier alpha value is -3.21. The highest BCUT2D eigenvalue weighted by molar-refractivity contribution is 5.94. The minimum Gasteiger partial charge on any atom is -0.508 e. The number of phenols is 1. The lowest BCUT2D eigenvalue weighted by molar-refractivity contribution is -0.137. The molecular formula is C23H27NO4. The number of rotatable bonds is 8. The van der Waals surface area contributed by atoms with Crippen molar-refractivity contribution in [2.24, 2.45) is 0 Å². The van der Waals surface area contributed by atoms with Gasteiger partial charge in [0, 0.05) is 17.3 Å². The summed E-state index contributed by atoms with van der Waals surface area (Å²) in [6, 6.07) is 12.6. The van der Waals surface area contributed by atoms with Gasteiger partial charge in [0.25, 0.3) is 0 Å². The van der Waals surface area contributed by atoms with Gasteiger partial charge in [0.1, 0.15) is 11.5 Å². The molecule has 2 N–H and O–H groups in total. The van der Waals surface area contributed by atoms with Crippen LogP contribution in [0.3, 0.4) is 0 Å². The highest BCUT2D eigenvalue weighted by Crippen LogP contribution is 2.30. The second-order valence-corrected chi connectivity index (χ2v) is 6.45. The van der Waals surface area contributed by atoms with E-state index in [1.807, 2.05) is 50.3 Å².